The van der Waals surface area contributed by atoms with Crippen LogP contribution in [0.3, 0.4) is 0 Å². The van der Waals surface area contributed by atoms with Gasteiger partial charge in [-0.3, -0.25) is 9.59 Å². The Morgan fingerprint density at radius 2 is 2.07 bits per heavy atom. The molecule has 0 bridgehead atoms. The van der Waals surface area contributed by atoms with E-state index in [0.29, 0.717) is 29.3 Å². The van der Waals surface area contributed by atoms with Crippen molar-refractivity contribution < 1.29 is 4.79 Å². The van der Waals surface area contributed by atoms with Crippen LogP contribution in [0, 0.1) is 20.8 Å². The summed E-state index contributed by atoms with van der Waals surface area (Å²) in [6.45, 7) is 6.84. The third-order valence-electron chi connectivity index (χ3n) is 5.47. The number of aryl methyl sites for hydroxylation is 3. The first-order chi connectivity index (χ1) is 12.9. The second-order valence-electron chi connectivity index (χ2n) is 7.23. The van der Waals surface area contributed by atoms with Gasteiger partial charge in [-0.25, -0.2) is 4.98 Å². The molecule has 0 radical (unpaired) electrons. The molecule has 1 fully saturated rings. The van der Waals surface area contributed by atoms with Gasteiger partial charge in [0.1, 0.15) is 0 Å². The number of rotatable bonds is 5. The maximum Gasteiger partial charge on any atom is 0.254 e. The van der Waals surface area contributed by atoms with Crippen molar-refractivity contribution in [3.05, 3.63) is 56.5 Å². The average molecular weight is 386 g/mol. The van der Waals surface area contributed by atoms with Gasteiger partial charge in [-0.1, -0.05) is 30.0 Å². The summed E-state index contributed by atoms with van der Waals surface area (Å²) in [6.07, 6.45) is 4.66. The SMILES string of the molecule is CSc1nc(C)c(CCC(=O)N2CCC[C@H]2c2ccc(C)c(C)c2)c(=O)[nH]1. The Morgan fingerprint density at radius 1 is 1.30 bits per heavy atom. The molecule has 1 aromatic carbocycles. The highest BCUT2D eigenvalue weighted by Crippen LogP contribution is 2.33. The van der Waals surface area contributed by atoms with E-state index in [1.54, 1.807) is 0 Å². The van der Waals surface area contributed by atoms with Crippen LogP contribution in [0.4, 0.5) is 0 Å². The second kappa shape index (κ2) is 8.30. The summed E-state index contributed by atoms with van der Waals surface area (Å²) < 4.78 is 0. The van der Waals surface area contributed by atoms with E-state index in [1.165, 1.54) is 28.5 Å². The first-order valence-electron chi connectivity index (χ1n) is 9.41. The van der Waals surface area contributed by atoms with E-state index in [-0.39, 0.29) is 17.5 Å². The highest BCUT2D eigenvalue weighted by Gasteiger charge is 2.30. The minimum atomic E-state index is -0.133. The van der Waals surface area contributed by atoms with Crippen molar-refractivity contribution in [2.24, 2.45) is 0 Å². The van der Waals surface area contributed by atoms with Crippen molar-refractivity contribution in [2.45, 2.75) is 57.7 Å². The first-order valence-corrected chi connectivity index (χ1v) is 10.6. The van der Waals surface area contributed by atoms with Crippen molar-refractivity contribution in [3.63, 3.8) is 0 Å². The topological polar surface area (TPSA) is 66.1 Å². The zero-order chi connectivity index (χ0) is 19.6. The largest absolute Gasteiger partial charge is 0.336 e. The van der Waals surface area contributed by atoms with Crippen LogP contribution in [0.5, 0.6) is 0 Å². The van der Waals surface area contributed by atoms with Gasteiger partial charge in [0.2, 0.25) is 5.91 Å². The van der Waals surface area contributed by atoms with E-state index in [0.717, 1.165) is 19.4 Å². The molecule has 144 valence electrons. The molecule has 5 nitrogen and oxygen atoms in total. The molecule has 1 atom stereocenters. The van der Waals surface area contributed by atoms with Crippen LogP contribution in [0.2, 0.25) is 0 Å². The van der Waals surface area contributed by atoms with Crippen molar-refractivity contribution in [2.75, 3.05) is 12.8 Å². The van der Waals surface area contributed by atoms with Gasteiger partial charge in [-0.2, -0.15) is 0 Å². The lowest BCUT2D eigenvalue weighted by Gasteiger charge is -2.26. The smallest absolute Gasteiger partial charge is 0.254 e. The summed E-state index contributed by atoms with van der Waals surface area (Å²) >= 11 is 1.41. The van der Waals surface area contributed by atoms with E-state index >= 15 is 0 Å². The van der Waals surface area contributed by atoms with Gasteiger partial charge in [0.05, 0.1) is 6.04 Å². The van der Waals surface area contributed by atoms with Gasteiger partial charge in [0.25, 0.3) is 5.56 Å². The molecule has 6 heteroatoms. The molecule has 1 saturated heterocycles. The zero-order valence-electron chi connectivity index (χ0n) is 16.5. The van der Waals surface area contributed by atoms with Crippen molar-refractivity contribution in [3.8, 4) is 0 Å². The number of hydrogen-bond donors (Lipinski definition) is 1. The number of aromatic nitrogens is 2. The van der Waals surface area contributed by atoms with Crippen LogP contribution in [0.15, 0.2) is 28.2 Å². The number of thioether (sulfide) groups is 1. The third-order valence-corrected chi connectivity index (χ3v) is 6.05. The molecule has 27 heavy (non-hydrogen) atoms. The van der Waals surface area contributed by atoms with Crippen LogP contribution in [-0.4, -0.2) is 33.6 Å². The Hall–Kier alpha value is -2.08. The molecule has 0 saturated carbocycles. The fourth-order valence-electron chi connectivity index (χ4n) is 3.73. The first kappa shape index (κ1) is 19.7. The minimum absolute atomic E-state index is 0.114. The summed E-state index contributed by atoms with van der Waals surface area (Å²) in [5.74, 6) is 0.114. The molecule has 1 aliphatic heterocycles. The number of likely N-dealkylation sites (tertiary alicyclic amines) is 1. The minimum Gasteiger partial charge on any atom is -0.336 e. The maximum absolute atomic E-state index is 12.9. The molecule has 1 amide bonds. The molecule has 0 unspecified atom stereocenters. The van der Waals surface area contributed by atoms with Gasteiger partial charge in [-0.05, 0) is 63.0 Å². The number of carbonyl (C=O) groups is 1. The number of amides is 1. The number of nitrogens with one attached hydrogen (secondary N) is 1. The lowest BCUT2D eigenvalue weighted by molar-refractivity contribution is -0.132. The third kappa shape index (κ3) is 4.26. The van der Waals surface area contributed by atoms with Gasteiger partial charge in [0, 0.05) is 24.2 Å². The number of benzene rings is 1. The quantitative estimate of drug-likeness (QED) is 0.629. The van der Waals surface area contributed by atoms with Crippen LogP contribution in [0.25, 0.3) is 0 Å². The molecular formula is C21H27N3O2S. The highest BCUT2D eigenvalue weighted by atomic mass is 32.2. The monoisotopic (exact) mass is 385 g/mol. The lowest BCUT2D eigenvalue weighted by Crippen LogP contribution is -2.31. The molecule has 2 heterocycles. The Kier molecular flexibility index (Phi) is 6.05. The van der Waals surface area contributed by atoms with E-state index in [9.17, 15) is 9.59 Å². The number of hydrogen-bond acceptors (Lipinski definition) is 4. The molecule has 1 aliphatic rings. The zero-order valence-corrected chi connectivity index (χ0v) is 17.3. The summed E-state index contributed by atoms with van der Waals surface area (Å²) in [6, 6.07) is 6.62. The lowest BCUT2D eigenvalue weighted by atomic mass is 9.99. The highest BCUT2D eigenvalue weighted by molar-refractivity contribution is 7.98. The number of carbonyl (C=O) groups excluding carboxylic acids is 1. The fraction of sp³-hybridized carbons (Fsp3) is 0.476. The van der Waals surface area contributed by atoms with Gasteiger partial charge in [-0.15, -0.1) is 0 Å². The summed E-state index contributed by atoms with van der Waals surface area (Å²) in [7, 11) is 0. The van der Waals surface area contributed by atoms with E-state index in [2.05, 4.69) is 42.0 Å². The van der Waals surface area contributed by atoms with Crippen LogP contribution in [-0.2, 0) is 11.2 Å². The van der Waals surface area contributed by atoms with Crippen LogP contribution in [0.1, 0.15) is 53.3 Å². The van der Waals surface area contributed by atoms with E-state index < -0.39 is 0 Å². The van der Waals surface area contributed by atoms with Crippen LogP contribution >= 0.6 is 11.8 Å². The second-order valence-corrected chi connectivity index (χ2v) is 8.02. The average Bonchev–Trinajstić information content (AvgIpc) is 3.12. The predicted octanol–water partition coefficient (Wildman–Crippen LogP) is 3.71. The maximum atomic E-state index is 12.9. The Bertz CT molecular complexity index is 907. The molecule has 1 aromatic heterocycles. The van der Waals surface area contributed by atoms with Gasteiger partial charge in [0.15, 0.2) is 5.16 Å². The molecule has 0 spiro atoms. The summed E-state index contributed by atoms with van der Waals surface area (Å²) in [4.78, 5) is 34.3. The Morgan fingerprint density at radius 3 is 2.74 bits per heavy atom. The number of aromatic amines is 1. The normalized spacial score (nSPS) is 16.7. The van der Waals surface area contributed by atoms with Gasteiger partial charge >= 0.3 is 0 Å². The number of nitrogens with zero attached hydrogens (tertiary/aromatic N) is 2. The standard InChI is InChI=1S/C21H27N3O2S/c1-13-7-8-16(12-14(13)2)18-6-5-11-24(18)19(25)10-9-17-15(3)22-21(27-4)23-20(17)26/h7-8,12,18H,5-6,9-11H2,1-4H3,(H,22,23,26)/t18-/m0/s1. The summed E-state index contributed by atoms with van der Waals surface area (Å²) in [5.41, 5.74) is 4.93. The van der Waals surface area contributed by atoms with Crippen LogP contribution < -0.4 is 5.56 Å². The van der Waals surface area contributed by atoms with E-state index in [1.807, 2.05) is 18.1 Å². The molecule has 1 N–H and O–H groups in total. The van der Waals surface area contributed by atoms with Crippen molar-refractivity contribution in [1.82, 2.24) is 14.9 Å². The molecule has 2 aromatic rings. The van der Waals surface area contributed by atoms with Crippen molar-refractivity contribution >= 4 is 17.7 Å². The van der Waals surface area contributed by atoms with Gasteiger partial charge < -0.3 is 9.88 Å². The fourth-order valence-corrected chi connectivity index (χ4v) is 4.16. The van der Waals surface area contributed by atoms with E-state index in [4.69, 9.17) is 0 Å². The molecular weight excluding hydrogens is 358 g/mol. The summed E-state index contributed by atoms with van der Waals surface area (Å²) in [5, 5.41) is 0.613. The predicted molar refractivity (Wildman–Crippen MR) is 109 cm³/mol. The Balaban J connectivity index is 1.72. The molecule has 3 rings (SSSR count). The molecule has 0 aliphatic carbocycles. The Labute approximate surface area is 164 Å². The number of H-pyrrole nitrogens is 1. The van der Waals surface area contributed by atoms with Crippen molar-refractivity contribution in [1.29, 1.82) is 0 Å².